The summed E-state index contributed by atoms with van der Waals surface area (Å²) in [5.74, 6) is -1.63. The lowest BCUT2D eigenvalue weighted by atomic mass is 9.87. The topological polar surface area (TPSA) is 130 Å². The van der Waals surface area contributed by atoms with E-state index in [0.29, 0.717) is 0 Å². The van der Waals surface area contributed by atoms with E-state index in [0.717, 1.165) is 6.26 Å². The maximum absolute atomic E-state index is 12.4. The van der Waals surface area contributed by atoms with Gasteiger partial charge in [-0.2, -0.15) is 5.10 Å². The number of carboxylic acids is 1. The second kappa shape index (κ2) is 6.52. The first-order valence-electron chi connectivity index (χ1n) is 7.21. The van der Waals surface area contributed by atoms with Crippen LogP contribution in [0.2, 0.25) is 0 Å². The van der Waals surface area contributed by atoms with E-state index < -0.39 is 38.9 Å². The van der Waals surface area contributed by atoms with Crippen LogP contribution >= 0.6 is 0 Å². The summed E-state index contributed by atoms with van der Waals surface area (Å²) in [5, 5.41) is 15.7. The standard InChI is InChI=1S/C14H24N4O5S/c1-13(2,3)10(17-24(6,22)23)11(19)16-9-7-15-18(8-9)14(4,5)12(20)21/h7-8,10,17H,1-6H3,(H,16,19)(H,20,21). The Hall–Kier alpha value is -1.94. The normalized spacial score (nSPS) is 14.2. The number of aromatic nitrogens is 2. The maximum atomic E-state index is 12.4. The van der Waals surface area contributed by atoms with E-state index in [9.17, 15) is 23.1 Å². The average molecular weight is 360 g/mol. The Balaban J connectivity index is 3.01. The van der Waals surface area contributed by atoms with Crippen molar-refractivity contribution in [1.82, 2.24) is 14.5 Å². The molecule has 0 radical (unpaired) electrons. The zero-order chi connectivity index (χ0) is 18.9. The third kappa shape index (κ3) is 5.03. The van der Waals surface area contributed by atoms with Gasteiger partial charge in [0.1, 0.15) is 6.04 Å². The highest BCUT2D eigenvalue weighted by Gasteiger charge is 2.34. The number of amides is 1. The molecule has 24 heavy (non-hydrogen) atoms. The molecule has 0 saturated carbocycles. The minimum atomic E-state index is -3.58. The van der Waals surface area contributed by atoms with Crippen LogP contribution in [0.1, 0.15) is 34.6 Å². The van der Waals surface area contributed by atoms with Gasteiger partial charge in [-0.1, -0.05) is 20.8 Å². The largest absolute Gasteiger partial charge is 0.479 e. The first-order valence-corrected chi connectivity index (χ1v) is 9.10. The van der Waals surface area contributed by atoms with E-state index in [4.69, 9.17) is 0 Å². The number of carbonyl (C=O) groups is 2. The molecule has 1 amide bonds. The number of hydrogen-bond acceptors (Lipinski definition) is 5. The molecule has 0 aliphatic rings. The molecule has 0 bridgehead atoms. The van der Waals surface area contributed by atoms with Crippen LogP contribution in [-0.2, 0) is 25.2 Å². The third-order valence-electron chi connectivity index (χ3n) is 3.41. The molecule has 9 nitrogen and oxygen atoms in total. The zero-order valence-electron chi connectivity index (χ0n) is 14.6. The molecular formula is C14H24N4O5S. The number of anilines is 1. The Labute approximate surface area is 141 Å². The number of rotatable bonds is 6. The minimum absolute atomic E-state index is 0.277. The van der Waals surface area contributed by atoms with Crippen LogP contribution in [0.5, 0.6) is 0 Å². The van der Waals surface area contributed by atoms with Gasteiger partial charge < -0.3 is 10.4 Å². The minimum Gasteiger partial charge on any atom is -0.479 e. The quantitative estimate of drug-likeness (QED) is 0.681. The van der Waals surface area contributed by atoms with Crippen molar-refractivity contribution in [2.45, 2.75) is 46.2 Å². The van der Waals surface area contributed by atoms with Gasteiger partial charge >= 0.3 is 5.97 Å². The van der Waals surface area contributed by atoms with Crippen LogP contribution in [0.25, 0.3) is 0 Å². The molecule has 0 spiro atoms. The fraction of sp³-hybridized carbons (Fsp3) is 0.643. The number of carbonyl (C=O) groups excluding carboxylic acids is 1. The van der Waals surface area contributed by atoms with Crippen LogP contribution < -0.4 is 10.0 Å². The number of hydrogen-bond donors (Lipinski definition) is 3. The molecule has 0 aliphatic carbocycles. The van der Waals surface area contributed by atoms with Gasteiger partial charge in [-0.25, -0.2) is 17.9 Å². The fourth-order valence-electron chi connectivity index (χ4n) is 1.84. The third-order valence-corrected chi connectivity index (χ3v) is 4.07. The lowest BCUT2D eigenvalue weighted by Gasteiger charge is -2.29. The zero-order valence-corrected chi connectivity index (χ0v) is 15.4. The summed E-state index contributed by atoms with van der Waals surface area (Å²) in [5.41, 5.74) is -1.67. The molecule has 0 aromatic carbocycles. The summed E-state index contributed by atoms with van der Waals surface area (Å²) in [4.78, 5) is 23.7. The lowest BCUT2D eigenvalue weighted by molar-refractivity contribution is -0.146. The van der Waals surface area contributed by atoms with Gasteiger partial charge in [0, 0.05) is 6.20 Å². The summed E-state index contributed by atoms with van der Waals surface area (Å²) in [6.45, 7) is 8.12. The van der Waals surface area contributed by atoms with Gasteiger partial charge in [-0.15, -0.1) is 0 Å². The van der Waals surface area contributed by atoms with Crippen molar-refractivity contribution in [3.05, 3.63) is 12.4 Å². The number of carboxylic acid groups (broad SMARTS) is 1. The number of nitrogens with one attached hydrogen (secondary N) is 2. The van der Waals surface area contributed by atoms with E-state index >= 15 is 0 Å². The Kier molecular flexibility index (Phi) is 5.46. The Morgan fingerprint density at radius 1 is 1.25 bits per heavy atom. The van der Waals surface area contributed by atoms with Gasteiger partial charge in [0.15, 0.2) is 5.54 Å². The highest BCUT2D eigenvalue weighted by Crippen LogP contribution is 2.22. The predicted octanol–water partition coefficient (Wildman–Crippen LogP) is 0.605. The molecule has 0 aliphatic heterocycles. The van der Waals surface area contributed by atoms with Crippen LogP contribution in [0.3, 0.4) is 0 Å². The maximum Gasteiger partial charge on any atom is 0.331 e. The van der Waals surface area contributed by atoms with E-state index in [2.05, 4.69) is 15.1 Å². The number of aliphatic carboxylic acids is 1. The molecular weight excluding hydrogens is 336 g/mol. The summed E-state index contributed by atoms with van der Waals surface area (Å²) >= 11 is 0. The Morgan fingerprint density at radius 2 is 1.79 bits per heavy atom. The van der Waals surface area contributed by atoms with Gasteiger partial charge in [-0.05, 0) is 19.3 Å². The van der Waals surface area contributed by atoms with Gasteiger partial charge in [0.05, 0.1) is 18.1 Å². The molecule has 1 unspecified atom stereocenters. The highest BCUT2D eigenvalue weighted by molar-refractivity contribution is 7.88. The summed E-state index contributed by atoms with van der Waals surface area (Å²) < 4.78 is 26.5. The number of sulfonamides is 1. The van der Waals surface area contributed by atoms with Crippen molar-refractivity contribution in [3.63, 3.8) is 0 Å². The monoisotopic (exact) mass is 360 g/mol. The molecule has 1 aromatic rings. The second-order valence-corrected chi connectivity index (χ2v) is 9.00. The molecule has 1 atom stereocenters. The van der Waals surface area contributed by atoms with E-state index in [1.165, 1.54) is 30.9 Å². The summed E-state index contributed by atoms with van der Waals surface area (Å²) in [7, 11) is -3.58. The smallest absolute Gasteiger partial charge is 0.331 e. The van der Waals surface area contributed by atoms with Crippen molar-refractivity contribution in [2.24, 2.45) is 5.41 Å². The van der Waals surface area contributed by atoms with Crippen molar-refractivity contribution < 1.29 is 23.1 Å². The molecule has 10 heteroatoms. The highest BCUT2D eigenvalue weighted by atomic mass is 32.2. The first-order chi connectivity index (χ1) is 10.6. The van der Waals surface area contributed by atoms with Gasteiger partial charge in [0.2, 0.25) is 15.9 Å². The number of nitrogens with zero attached hydrogens (tertiary/aromatic N) is 2. The van der Waals surface area contributed by atoms with Crippen molar-refractivity contribution in [2.75, 3.05) is 11.6 Å². The van der Waals surface area contributed by atoms with E-state index in [1.54, 1.807) is 20.8 Å². The lowest BCUT2D eigenvalue weighted by Crippen LogP contribution is -2.51. The van der Waals surface area contributed by atoms with Crippen LogP contribution in [0, 0.1) is 5.41 Å². The molecule has 1 rings (SSSR count). The fourth-order valence-corrected chi connectivity index (χ4v) is 2.73. The van der Waals surface area contributed by atoms with E-state index in [-0.39, 0.29) is 5.69 Å². The van der Waals surface area contributed by atoms with Crippen molar-refractivity contribution >= 4 is 27.6 Å². The van der Waals surface area contributed by atoms with Crippen LogP contribution in [0.15, 0.2) is 12.4 Å². The molecule has 0 saturated heterocycles. The van der Waals surface area contributed by atoms with E-state index in [1.807, 2.05) is 0 Å². The SMILES string of the molecule is CC(C)(C)C(NS(C)(=O)=O)C(=O)Nc1cnn(C(C)(C)C(=O)O)c1. The van der Waals surface area contributed by atoms with Crippen molar-refractivity contribution in [3.8, 4) is 0 Å². The predicted molar refractivity (Wildman–Crippen MR) is 89.0 cm³/mol. The molecule has 1 aromatic heterocycles. The second-order valence-electron chi connectivity index (χ2n) is 7.22. The van der Waals surface area contributed by atoms with Crippen LogP contribution in [-0.4, -0.2) is 47.5 Å². The molecule has 0 fully saturated rings. The summed E-state index contributed by atoms with van der Waals surface area (Å²) in [6.07, 6.45) is 3.67. The van der Waals surface area contributed by atoms with Crippen molar-refractivity contribution in [1.29, 1.82) is 0 Å². The Bertz CT molecular complexity index is 731. The van der Waals surface area contributed by atoms with Gasteiger partial charge in [0.25, 0.3) is 0 Å². The molecule has 136 valence electrons. The molecule has 3 N–H and O–H groups in total. The first kappa shape index (κ1) is 20.1. The summed E-state index contributed by atoms with van der Waals surface area (Å²) in [6, 6.07) is -0.997. The van der Waals surface area contributed by atoms with Crippen LogP contribution in [0.4, 0.5) is 5.69 Å². The average Bonchev–Trinajstić information content (AvgIpc) is 2.82. The van der Waals surface area contributed by atoms with Gasteiger partial charge in [-0.3, -0.25) is 9.48 Å². The molecule has 1 heterocycles. The Morgan fingerprint density at radius 3 is 2.21 bits per heavy atom.